The third-order valence-electron chi connectivity index (χ3n) is 3.27. The minimum Gasteiger partial charge on any atom is -0.454 e. The molecule has 1 saturated heterocycles. The van der Waals surface area contributed by atoms with Crippen LogP contribution >= 0.6 is 0 Å². The van der Waals surface area contributed by atoms with Gasteiger partial charge in [0.05, 0.1) is 6.42 Å². The van der Waals surface area contributed by atoms with Crippen molar-refractivity contribution in [2.75, 3.05) is 13.3 Å². The fraction of sp³-hybridized carbons (Fsp3) is 0.357. The van der Waals surface area contributed by atoms with Gasteiger partial charge in [-0.25, -0.2) is 0 Å². The van der Waals surface area contributed by atoms with E-state index < -0.39 is 5.97 Å². The lowest BCUT2D eigenvalue weighted by atomic mass is 10.3. The number of amides is 2. The maximum Gasteiger partial charge on any atom is 0.313 e. The number of likely N-dealkylation sites (tertiary alicyclic amines) is 1. The van der Waals surface area contributed by atoms with E-state index in [-0.39, 0.29) is 44.4 Å². The summed E-state index contributed by atoms with van der Waals surface area (Å²) >= 11 is 0. The average Bonchev–Trinajstić information content (AvgIpc) is 3.04. The number of hydrogen-bond acceptors (Lipinski definition) is 6. The number of imide groups is 1. The fourth-order valence-electron chi connectivity index (χ4n) is 2.20. The molecule has 2 amide bonds. The highest BCUT2D eigenvalue weighted by atomic mass is 16.7. The van der Waals surface area contributed by atoms with Crippen LogP contribution in [0.3, 0.4) is 0 Å². The van der Waals surface area contributed by atoms with Crippen LogP contribution in [0, 0.1) is 0 Å². The number of hydrogen-bond donors (Lipinski definition) is 0. The van der Waals surface area contributed by atoms with Gasteiger partial charge in [0.15, 0.2) is 11.5 Å². The zero-order valence-electron chi connectivity index (χ0n) is 11.2. The molecule has 2 aliphatic rings. The molecule has 0 radical (unpaired) electrons. The van der Waals surface area contributed by atoms with Crippen molar-refractivity contribution < 1.29 is 28.6 Å². The molecule has 3 rings (SSSR count). The highest BCUT2D eigenvalue weighted by Gasteiger charge is 2.29. The van der Waals surface area contributed by atoms with Crippen molar-refractivity contribution in [1.82, 2.24) is 4.90 Å². The molecule has 0 saturated carbocycles. The number of rotatable bonds is 4. The summed E-state index contributed by atoms with van der Waals surface area (Å²) in [5.74, 6) is 0.463. The van der Waals surface area contributed by atoms with Crippen LogP contribution in [0.15, 0.2) is 18.2 Å². The van der Waals surface area contributed by atoms with Gasteiger partial charge in [0.25, 0.3) is 0 Å². The predicted octanol–water partition coefficient (Wildman–Crippen LogP) is 0.860. The minimum absolute atomic E-state index is 0.0358. The largest absolute Gasteiger partial charge is 0.454 e. The number of fused-ring (bicyclic) bond motifs is 1. The van der Waals surface area contributed by atoms with Gasteiger partial charge in [-0.3, -0.25) is 19.3 Å². The third-order valence-corrected chi connectivity index (χ3v) is 3.27. The van der Waals surface area contributed by atoms with Crippen LogP contribution in [0.25, 0.3) is 0 Å². The first-order valence-corrected chi connectivity index (χ1v) is 6.57. The Hall–Kier alpha value is -2.57. The van der Waals surface area contributed by atoms with Gasteiger partial charge in [-0.15, -0.1) is 0 Å². The van der Waals surface area contributed by atoms with Crippen molar-refractivity contribution in [2.45, 2.75) is 19.3 Å². The molecule has 0 unspecified atom stereocenters. The van der Waals surface area contributed by atoms with Crippen LogP contribution < -0.4 is 14.2 Å². The first kappa shape index (κ1) is 13.4. The Kier molecular flexibility index (Phi) is 3.47. The number of benzene rings is 1. The molecule has 2 aliphatic heterocycles. The summed E-state index contributed by atoms with van der Waals surface area (Å²) in [6.45, 7) is 0.201. The lowest BCUT2D eigenvalue weighted by molar-refractivity contribution is -0.140. The average molecular weight is 291 g/mol. The van der Waals surface area contributed by atoms with E-state index in [0.29, 0.717) is 17.2 Å². The third kappa shape index (κ3) is 2.81. The molecule has 0 atom stereocenters. The van der Waals surface area contributed by atoms with Crippen LogP contribution in [0.1, 0.15) is 19.3 Å². The molecule has 0 spiro atoms. The monoisotopic (exact) mass is 291 g/mol. The summed E-state index contributed by atoms with van der Waals surface area (Å²) in [4.78, 5) is 35.6. The number of nitrogens with zero attached hydrogens (tertiary/aromatic N) is 1. The molecular weight excluding hydrogens is 278 g/mol. The normalized spacial score (nSPS) is 16.5. The van der Waals surface area contributed by atoms with Crippen LogP contribution in [0.2, 0.25) is 0 Å². The van der Waals surface area contributed by atoms with E-state index in [9.17, 15) is 14.4 Å². The van der Waals surface area contributed by atoms with Gasteiger partial charge < -0.3 is 14.2 Å². The SMILES string of the molecule is O=C(CCN1C(=O)CCC1=O)Oc1ccc2c(c1)OCO2. The Morgan fingerprint density at radius 3 is 2.62 bits per heavy atom. The van der Waals surface area contributed by atoms with E-state index >= 15 is 0 Å². The number of carbonyl (C=O) groups is 3. The van der Waals surface area contributed by atoms with Crippen LogP contribution in [-0.2, 0) is 14.4 Å². The fourth-order valence-corrected chi connectivity index (χ4v) is 2.20. The molecular formula is C14H13NO6. The second kappa shape index (κ2) is 5.43. The van der Waals surface area contributed by atoms with Gasteiger partial charge in [-0.1, -0.05) is 0 Å². The summed E-state index contributed by atoms with van der Waals surface area (Å²) in [7, 11) is 0. The molecule has 21 heavy (non-hydrogen) atoms. The van der Waals surface area contributed by atoms with Crippen LogP contribution in [-0.4, -0.2) is 36.0 Å². The van der Waals surface area contributed by atoms with Crippen molar-refractivity contribution >= 4 is 17.8 Å². The van der Waals surface area contributed by atoms with E-state index in [1.165, 1.54) is 0 Å². The molecule has 110 valence electrons. The molecule has 0 aromatic heterocycles. The summed E-state index contributed by atoms with van der Waals surface area (Å²) in [6.07, 6.45) is 0.401. The van der Waals surface area contributed by atoms with Crippen LogP contribution in [0.4, 0.5) is 0 Å². The number of carbonyl (C=O) groups excluding carboxylic acids is 3. The first-order valence-electron chi connectivity index (χ1n) is 6.57. The molecule has 0 aliphatic carbocycles. The Morgan fingerprint density at radius 2 is 1.86 bits per heavy atom. The molecule has 0 N–H and O–H groups in total. The lowest BCUT2D eigenvalue weighted by Gasteiger charge is -2.12. The number of ether oxygens (including phenoxy) is 3. The topological polar surface area (TPSA) is 82.1 Å². The summed E-state index contributed by atoms with van der Waals surface area (Å²) in [5, 5.41) is 0. The van der Waals surface area contributed by atoms with E-state index in [0.717, 1.165) is 4.90 Å². The van der Waals surface area contributed by atoms with Crippen LogP contribution in [0.5, 0.6) is 17.2 Å². The Bertz CT molecular complexity index is 595. The number of esters is 1. The first-order chi connectivity index (χ1) is 10.1. The summed E-state index contributed by atoms with van der Waals surface area (Å²) in [5.41, 5.74) is 0. The van der Waals surface area contributed by atoms with Gasteiger partial charge in [-0.05, 0) is 12.1 Å². The smallest absolute Gasteiger partial charge is 0.313 e. The van der Waals surface area contributed by atoms with E-state index in [2.05, 4.69) is 0 Å². The van der Waals surface area contributed by atoms with Gasteiger partial charge in [-0.2, -0.15) is 0 Å². The standard InChI is InChI=1S/C14H13NO6/c16-12-3-4-13(17)15(12)6-5-14(18)21-9-1-2-10-11(7-9)20-8-19-10/h1-2,7H,3-6,8H2. The minimum atomic E-state index is -0.513. The zero-order valence-corrected chi connectivity index (χ0v) is 11.2. The Morgan fingerprint density at radius 1 is 1.14 bits per heavy atom. The summed E-state index contributed by atoms with van der Waals surface area (Å²) in [6, 6.07) is 4.81. The van der Waals surface area contributed by atoms with E-state index in [4.69, 9.17) is 14.2 Å². The Labute approximate surface area is 120 Å². The predicted molar refractivity (Wildman–Crippen MR) is 68.8 cm³/mol. The second-order valence-corrected chi connectivity index (χ2v) is 4.68. The van der Waals surface area contributed by atoms with E-state index in [1.54, 1.807) is 18.2 Å². The van der Waals surface area contributed by atoms with Crippen molar-refractivity contribution in [2.24, 2.45) is 0 Å². The van der Waals surface area contributed by atoms with Crippen molar-refractivity contribution in [3.05, 3.63) is 18.2 Å². The van der Waals surface area contributed by atoms with Gasteiger partial charge in [0.1, 0.15) is 5.75 Å². The van der Waals surface area contributed by atoms with Gasteiger partial charge in [0.2, 0.25) is 18.6 Å². The molecule has 0 bridgehead atoms. The quantitative estimate of drug-likeness (QED) is 0.465. The molecule has 1 aromatic carbocycles. The van der Waals surface area contributed by atoms with E-state index in [1.807, 2.05) is 0 Å². The lowest BCUT2D eigenvalue weighted by Crippen LogP contribution is -2.31. The molecule has 7 heteroatoms. The van der Waals surface area contributed by atoms with Crippen molar-refractivity contribution in [3.63, 3.8) is 0 Å². The Balaban J connectivity index is 1.54. The van der Waals surface area contributed by atoms with Crippen molar-refractivity contribution in [1.29, 1.82) is 0 Å². The summed E-state index contributed by atoms with van der Waals surface area (Å²) < 4.78 is 15.5. The second-order valence-electron chi connectivity index (χ2n) is 4.68. The molecule has 2 heterocycles. The maximum absolute atomic E-state index is 11.7. The molecule has 1 aromatic rings. The van der Waals surface area contributed by atoms with Crippen molar-refractivity contribution in [3.8, 4) is 17.2 Å². The molecule has 7 nitrogen and oxygen atoms in total. The van der Waals surface area contributed by atoms with Gasteiger partial charge >= 0.3 is 5.97 Å². The highest BCUT2D eigenvalue weighted by molar-refractivity contribution is 6.02. The van der Waals surface area contributed by atoms with Gasteiger partial charge in [0, 0.05) is 25.5 Å². The zero-order chi connectivity index (χ0) is 14.8. The maximum atomic E-state index is 11.7. The highest BCUT2D eigenvalue weighted by Crippen LogP contribution is 2.35. The molecule has 1 fully saturated rings.